The number of ether oxygens (including phenoxy) is 1. The van der Waals surface area contributed by atoms with Gasteiger partial charge in [0.2, 0.25) is 0 Å². The zero-order valence-electron chi connectivity index (χ0n) is 11.6. The Balaban J connectivity index is 2.37. The highest BCUT2D eigenvalue weighted by Gasteiger charge is 2.27. The minimum absolute atomic E-state index is 0.277. The summed E-state index contributed by atoms with van der Waals surface area (Å²) in [6.07, 6.45) is 2.36. The molecule has 1 aromatic carbocycles. The molecule has 2 rings (SSSR count). The van der Waals surface area contributed by atoms with Crippen LogP contribution in [0.1, 0.15) is 32.8 Å². The monoisotopic (exact) mass is 248 g/mol. The molecule has 0 radical (unpaired) electrons. The van der Waals surface area contributed by atoms with E-state index in [1.807, 2.05) is 0 Å². The van der Waals surface area contributed by atoms with Gasteiger partial charge in [0.15, 0.2) is 0 Å². The van der Waals surface area contributed by atoms with E-state index in [2.05, 4.69) is 43.9 Å². The molecule has 2 unspecified atom stereocenters. The van der Waals surface area contributed by atoms with Gasteiger partial charge in [0.1, 0.15) is 11.9 Å². The van der Waals surface area contributed by atoms with Gasteiger partial charge in [-0.05, 0) is 37.5 Å². The van der Waals surface area contributed by atoms with E-state index < -0.39 is 0 Å². The lowest BCUT2D eigenvalue weighted by Gasteiger charge is -2.39. The second-order valence-corrected chi connectivity index (χ2v) is 5.04. The SMILES string of the molecule is CCc1ccc2c(c1)N(C(C)CN)CC(CC)O2. The van der Waals surface area contributed by atoms with Gasteiger partial charge in [0, 0.05) is 12.6 Å². The standard InChI is InChI=1S/C15H24N2O/c1-4-12-6-7-15-14(8-12)17(11(3)9-16)10-13(5-2)18-15/h6-8,11,13H,4-5,9-10,16H2,1-3H3. The summed E-state index contributed by atoms with van der Waals surface area (Å²) in [6, 6.07) is 6.86. The number of anilines is 1. The van der Waals surface area contributed by atoms with Crippen molar-refractivity contribution < 1.29 is 4.74 Å². The van der Waals surface area contributed by atoms with Gasteiger partial charge in [-0.25, -0.2) is 0 Å². The molecular formula is C15H24N2O. The molecule has 2 N–H and O–H groups in total. The Hall–Kier alpha value is -1.22. The number of benzene rings is 1. The molecular weight excluding hydrogens is 224 g/mol. The number of hydrogen-bond donors (Lipinski definition) is 1. The summed E-state index contributed by atoms with van der Waals surface area (Å²) in [6.45, 7) is 8.14. The maximum absolute atomic E-state index is 6.02. The fraction of sp³-hybridized carbons (Fsp3) is 0.600. The van der Waals surface area contributed by atoms with Crippen molar-refractivity contribution in [1.82, 2.24) is 0 Å². The first-order valence-corrected chi connectivity index (χ1v) is 6.95. The van der Waals surface area contributed by atoms with Crippen molar-refractivity contribution in [3.05, 3.63) is 23.8 Å². The van der Waals surface area contributed by atoms with Crippen molar-refractivity contribution in [3.8, 4) is 5.75 Å². The summed E-state index contributed by atoms with van der Waals surface area (Å²) >= 11 is 0. The minimum Gasteiger partial charge on any atom is -0.486 e. The van der Waals surface area contributed by atoms with Crippen molar-refractivity contribution in [2.45, 2.75) is 45.8 Å². The third-order valence-electron chi connectivity index (χ3n) is 3.76. The van der Waals surface area contributed by atoms with E-state index in [0.717, 1.165) is 25.1 Å². The van der Waals surface area contributed by atoms with Crippen LogP contribution in [0.15, 0.2) is 18.2 Å². The first-order chi connectivity index (χ1) is 8.69. The Morgan fingerprint density at radius 1 is 1.44 bits per heavy atom. The lowest BCUT2D eigenvalue weighted by Crippen LogP contribution is -2.47. The average Bonchev–Trinajstić information content (AvgIpc) is 2.44. The van der Waals surface area contributed by atoms with E-state index in [1.54, 1.807) is 0 Å². The van der Waals surface area contributed by atoms with Crippen LogP contribution < -0.4 is 15.4 Å². The number of aryl methyl sites for hydroxylation is 1. The second-order valence-electron chi connectivity index (χ2n) is 5.04. The third kappa shape index (κ3) is 2.46. The highest BCUT2D eigenvalue weighted by Crippen LogP contribution is 2.36. The summed E-state index contributed by atoms with van der Waals surface area (Å²) in [4.78, 5) is 2.40. The third-order valence-corrected chi connectivity index (χ3v) is 3.76. The topological polar surface area (TPSA) is 38.5 Å². The Morgan fingerprint density at radius 2 is 2.22 bits per heavy atom. The number of rotatable bonds is 4. The summed E-state index contributed by atoms with van der Waals surface area (Å²) in [7, 11) is 0. The maximum Gasteiger partial charge on any atom is 0.143 e. The molecule has 2 atom stereocenters. The van der Waals surface area contributed by atoms with Gasteiger partial charge in [-0.1, -0.05) is 19.9 Å². The Kier molecular flexibility index (Phi) is 4.12. The van der Waals surface area contributed by atoms with Crippen LogP contribution in [0.2, 0.25) is 0 Å². The quantitative estimate of drug-likeness (QED) is 0.890. The predicted octanol–water partition coefficient (Wildman–Crippen LogP) is 2.57. The van der Waals surface area contributed by atoms with Crippen LogP contribution in [0.4, 0.5) is 5.69 Å². The lowest BCUT2D eigenvalue weighted by molar-refractivity contribution is 0.185. The fourth-order valence-electron chi connectivity index (χ4n) is 2.40. The number of fused-ring (bicyclic) bond motifs is 1. The molecule has 0 saturated heterocycles. The molecule has 3 nitrogen and oxygen atoms in total. The van der Waals surface area contributed by atoms with Gasteiger partial charge in [0.05, 0.1) is 12.2 Å². The highest BCUT2D eigenvalue weighted by atomic mass is 16.5. The van der Waals surface area contributed by atoms with Gasteiger partial charge < -0.3 is 15.4 Å². The minimum atomic E-state index is 0.277. The number of nitrogens with two attached hydrogens (primary N) is 1. The van der Waals surface area contributed by atoms with Crippen molar-refractivity contribution in [2.75, 3.05) is 18.0 Å². The van der Waals surface area contributed by atoms with Gasteiger partial charge in [-0.3, -0.25) is 0 Å². The van der Waals surface area contributed by atoms with Crippen LogP contribution in [0.25, 0.3) is 0 Å². The summed E-state index contributed by atoms with van der Waals surface area (Å²) < 4.78 is 6.02. The molecule has 0 amide bonds. The molecule has 0 bridgehead atoms. The van der Waals surface area contributed by atoms with Crippen LogP contribution in [0.3, 0.4) is 0 Å². The molecule has 100 valence electrons. The van der Waals surface area contributed by atoms with Crippen molar-refractivity contribution in [3.63, 3.8) is 0 Å². The molecule has 0 aliphatic carbocycles. The molecule has 0 spiro atoms. The summed E-state index contributed by atoms with van der Waals surface area (Å²) in [5.41, 5.74) is 8.39. The summed E-state index contributed by atoms with van der Waals surface area (Å²) in [5, 5.41) is 0. The second kappa shape index (κ2) is 5.61. The van der Waals surface area contributed by atoms with Gasteiger partial charge >= 0.3 is 0 Å². The molecule has 1 aliphatic rings. The van der Waals surface area contributed by atoms with E-state index in [9.17, 15) is 0 Å². The van der Waals surface area contributed by atoms with Gasteiger partial charge in [-0.2, -0.15) is 0 Å². The molecule has 18 heavy (non-hydrogen) atoms. The van der Waals surface area contributed by atoms with Crippen LogP contribution in [-0.4, -0.2) is 25.2 Å². The van der Waals surface area contributed by atoms with Crippen molar-refractivity contribution in [1.29, 1.82) is 0 Å². The summed E-state index contributed by atoms with van der Waals surface area (Å²) in [5.74, 6) is 1.01. The molecule has 0 aromatic heterocycles. The molecule has 1 heterocycles. The lowest BCUT2D eigenvalue weighted by atomic mass is 10.1. The normalized spacial score (nSPS) is 20.2. The van der Waals surface area contributed by atoms with Crippen molar-refractivity contribution in [2.24, 2.45) is 5.73 Å². The van der Waals surface area contributed by atoms with Crippen molar-refractivity contribution >= 4 is 5.69 Å². The molecule has 0 saturated carbocycles. The van der Waals surface area contributed by atoms with Crippen LogP contribution in [0, 0.1) is 0 Å². The Bertz CT molecular complexity index is 405. The molecule has 0 fully saturated rings. The predicted molar refractivity (Wildman–Crippen MR) is 76.4 cm³/mol. The van der Waals surface area contributed by atoms with E-state index in [4.69, 9.17) is 10.5 Å². The van der Waals surface area contributed by atoms with Crippen LogP contribution in [-0.2, 0) is 6.42 Å². The van der Waals surface area contributed by atoms with E-state index in [-0.39, 0.29) is 6.10 Å². The Labute approximate surface area is 110 Å². The zero-order chi connectivity index (χ0) is 13.1. The first kappa shape index (κ1) is 13.2. The molecule has 3 heteroatoms. The number of nitrogens with zero attached hydrogens (tertiary/aromatic N) is 1. The number of hydrogen-bond acceptors (Lipinski definition) is 3. The zero-order valence-corrected chi connectivity index (χ0v) is 11.6. The largest absolute Gasteiger partial charge is 0.486 e. The van der Waals surface area contributed by atoms with E-state index in [1.165, 1.54) is 11.3 Å². The van der Waals surface area contributed by atoms with Gasteiger partial charge in [0.25, 0.3) is 0 Å². The maximum atomic E-state index is 6.02. The molecule has 1 aromatic rings. The van der Waals surface area contributed by atoms with Crippen LogP contribution in [0.5, 0.6) is 5.75 Å². The Morgan fingerprint density at radius 3 is 2.83 bits per heavy atom. The highest BCUT2D eigenvalue weighted by molar-refractivity contribution is 5.62. The smallest absolute Gasteiger partial charge is 0.143 e. The van der Waals surface area contributed by atoms with E-state index >= 15 is 0 Å². The van der Waals surface area contributed by atoms with E-state index in [0.29, 0.717) is 12.6 Å². The van der Waals surface area contributed by atoms with Crippen LogP contribution >= 0.6 is 0 Å². The first-order valence-electron chi connectivity index (χ1n) is 6.95. The molecule has 1 aliphatic heterocycles. The average molecular weight is 248 g/mol. The van der Waals surface area contributed by atoms with Gasteiger partial charge in [-0.15, -0.1) is 0 Å². The fourth-order valence-corrected chi connectivity index (χ4v) is 2.40.